The number of carboxylic acid groups (broad SMARTS) is 1. The van der Waals surface area contributed by atoms with Gasteiger partial charge >= 0.3 is 12.0 Å². The number of carbonyl (C=O) groups is 3. The molecule has 7 heteroatoms. The Labute approximate surface area is 106 Å². The summed E-state index contributed by atoms with van der Waals surface area (Å²) in [5.74, 6) is -1.21. The number of nitrogens with one attached hydrogen (secondary N) is 3. The number of hydrogen-bond donors (Lipinski definition) is 4. The molecule has 0 saturated heterocycles. The van der Waals surface area contributed by atoms with Gasteiger partial charge in [-0.15, -0.1) is 0 Å². The first kappa shape index (κ1) is 16.2. The Balaban J connectivity index is 4.21. The van der Waals surface area contributed by atoms with Crippen LogP contribution in [-0.4, -0.2) is 41.6 Å². The standard InChI is InChI=1S/C11H21N3O4/c1-7(9(17)12-4)13-10(18)14-11(2,3)6-5-8(15)16/h7H,5-6H2,1-4H3,(H,12,17)(H,15,16)(H2,13,14,18). The average molecular weight is 259 g/mol. The van der Waals surface area contributed by atoms with Gasteiger partial charge in [-0.05, 0) is 27.2 Å². The number of amides is 3. The highest BCUT2D eigenvalue weighted by atomic mass is 16.4. The minimum Gasteiger partial charge on any atom is -0.481 e. The molecule has 0 fully saturated rings. The van der Waals surface area contributed by atoms with Gasteiger partial charge in [0.25, 0.3) is 0 Å². The molecule has 0 aromatic rings. The normalized spacial score (nSPS) is 12.4. The molecule has 0 rings (SSSR count). The van der Waals surface area contributed by atoms with E-state index in [0.29, 0.717) is 6.42 Å². The predicted molar refractivity (Wildman–Crippen MR) is 66.1 cm³/mol. The lowest BCUT2D eigenvalue weighted by molar-refractivity contribution is -0.137. The van der Waals surface area contributed by atoms with Crippen molar-refractivity contribution < 1.29 is 19.5 Å². The highest BCUT2D eigenvalue weighted by molar-refractivity contribution is 5.86. The van der Waals surface area contributed by atoms with Crippen LogP contribution in [0.3, 0.4) is 0 Å². The van der Waals surface area contributed by atoms with Crippen molar-refractivity contribution in [1.29, 1.82) is 0 Å². The Hall–Kier alpha value is -1.79. The molecule has 104 valence electrons. The van der Waals surface area contributed by atoms with Crippen LogP contribution in [-0.2, 0) is 9.59 Å². The monoisotopic (exact) mass is 259 g/mol. The van der Waals surface area contributed by atoms with Crippen LogP contribution in [0.5, 0.6) is 0 Å². The van der Waals surface area contributed by atoms with Crippen LogP contribution in [0.2, 0.25) is 0 Å². The summed E-state index contributed by atoms with van der Waals surface area (Å²) in [5.41, 5.74) is -0.648. The van der Waals surface area contributed by atoms with Crippen molar-refractivity contribution in [3.05, 3.63) is 0 Å². The van der Waals surface area contributed by atoms with Gasteiger partial charge in [0, 0.05) is 19.0 Å². The molecular weight excluding hydrogens is 238 g/mol. The van der Waals surface area contributed by atoms with Gasteiger partial charge in [0.1, 0.15) is 6.04 Å². The number of urea groups is 1. The first-order valence-electron chi connectivity index (χ1n) is 5.70. The van der Waals surface area contributed by atoms with E-state index in [4.69, 9.17) is 5.11 Å². The molecular formula is C11H21N3O4. The Morgan fingerprint density at radius 1 is 1.28 bits per heavy atom. The molecule has 0 aromatic heterocycles. The lowest BCUT2D eigenvalue weighted by atomic mass is 9.99. The van der Waals surface area contributed by atoms with E-state index in [2.05, 4.69) is 16.0 Å². The minimum absolute atomic E-state index is 0.0295. The summed E-state index contributed by atoms with van der Waals surface area (Å²) < 4.78 is 0. The first-order valence-corrected chi connectivity index (χ1v) is 5.70. The zero-order chi connectivity index (χ0) is 14.3. The largest absolute Gasteiger partial charge is 0.481 e. The summed E-state index contributed by atoms with van der Waals surface area (Å²) >= 11 is 0. The van der Waals surface area contributed by atoms with Crippen molar-refractivity contribution in [3.8, 4) is 0 Å². The maximum Gasteiger partial charge on any atom is 0.315 e. The number of carboxylic acids is 1. The van der Waals surface area contributed by atoms with E-state index in [1.54, 1.807) is 20.8 Å². The van der Waals surface area contributed by atoms with E-state index in [-0.39, 0.29) is 12.3 Å². The molecule has 0 saturated carbocycles. The van der Waals surface area contributed by atoms with Gasteiger partial charge < -0.3 is 21.1 Å². The van der Waals surface area contributed by atoms with Gasteiger partial charge in [-0.25, -0.2) is 4.79 Å². The predicted octanol–water partition coefficient (Wildman–Crippen LogP) is 0.0635. The van der Waals surface area contributed by atoms with Crippen LogP contribution < -0.4 is 16.0 Å². The molecule has 3 amide bonds. The number of rotatable bonds is 6. The Morgan fingerprint density at radius 3 is 2.28 bits per heavy atom. The van der Waals surface area contributed by atoms with Crippen molar-refractivity contribution in [1.82, 2.24) is 16.0 Å². The summed E-state index contributed by atoms with van der Waals surface area (Å²) in [5, 5.41) is 16.1. The van der Waals surface area contributed by atoms with E-state index in [1.165, 1.54) is 7.05 Å². The maximum atomic E-state index is 11.6. The van der Waals surface area contributed by atoms with Crippen molar-refractivity contribution in [2.75, 3.05) is 7.05 Å². The van der Waals surface area contributed by atoms with Crippen LogP contribution in [0, 0.1) is 0 Å². The van der Waals surface area contributed by atoms with Gasteiger partial charge in [0.05, 0.1) is 0 Å². The average Bonchev–Trinajstić information content (AvgIpc) is 2.24. The van der Waals surface area contributed by atoms with Gasteiger partial charge in [-0.3, -0.25) is 9.59 Å². The fraction of sp³-hybridized carbons (Fsp3) is 0.727. The highest BCUT2D eigenvalue weighted by Crippen LogP contribution is 2.10. The Bertz CT molecular complexity index is 328. The molecule has 0 radical (unpaired) electrons. The van der Waals surface area contributed by atoms with E-state index < -0.39 is 23.6 Å². The summed E-state index contributed by atoms with van der Waals surface area (Å²) in [6.45, 7) is 5.00. The third kappa shape index (κ3) is 6.72. The van der Waals surface area contributed by atoms with Crippen molar-refractivity contribution in [2.24, 2.45) is 0 Å². The topological polar surface area (TPSA) is 108 Å². The minimum atomic E-state index is -0.913. The van der Waals surface area contributed by atoms with Crippen LogP contribution in [0.4, 0.5) is 4.79 Å². The van der Waals surface area contributed by atoms with E-state index in [0.717, 1.165) is 0 Å². The molecule has 0 spiro atoms. The van der Waals surface area contributed by atoms with Crippen LogP contribution >= 0.6 is 0 Å². The highest BCUT2D eigenvalue weighted by Gasteiger charge is 2.23. The smallest absolute Gasteiger partial charge is 0.315 e. The molecule has 0 aliphatic heterocycles. The molecule has 0 aromatic carbocycles. The Kier molecular flexibility index (Phi) is 6.15. The second kappa shape index (κ2) is 6.83. The van der Waals surface area contributed by atoms with Gasteiger partial charge in [-0.1, -0.05) is 0 Å². The van der Waals surface area contributed by atoms with Gasteiger partial charge in [-0.2, -0.15) is 0 Å². The van der Waals surface area contributed by atoms with Gasteiger partial charge in [0.15, 0.2) is 0 Å². The van der Waals surface area contributed by atoms with Crippen LogP contribution in [0.1, 0.15) is 33.6 Å². The summed E-state index contributed by atoms with van der Waals surface area (Å²) in [6, 6.07) is -1.15. The van der Waals surface area contributed by atoms with Crippen molar-refractivity contribution in [2.45, 2.75) is 45.2 Å². The lowest BCUT2D eigenvalue weighted by Crippen LogP contribution is -2.53. The lowest BCUT2D eigenvalue weighted by Gasteiger charge is -2.26. The summed E-state index contributed by atoms with van der Waals surface area (Å²) in [7, 11) is 1.48. The van der Waals surface area contributed by atoms with E-state index in [9.17, 15) is 14.4 Å². The number of carbonyl (C=O) groups excluding carboxylic acids is 2. The second-order valence-corrected chi connectivity index (χ2v) is 4.71. The number of aliphatic carboxylic acids is 1. The van der Waals surface area contributed by atoms with Crippen LogP contribution in [0.25, 0.3) is 0 Å². The van der Waals surface area contributed by atoms with Crippen molar-refractivity contribution >= 4 is 17.9 Å². The zero-order valence-electron chi connectivity index (χ0n) is 11.2. The molecule has 4 N–H and O–H groups in total. The maximum absolute atomic E-state index is 11.6. The number of likely N-dealkylation sites (N-methyl/N-ethyl adjacent to an activating group) is 1. The van der Waals surface area contributed by atoms with Gasteiger partial charge in [0.2, 0.25) is 5.91 Å². The molecule has 18 heavy (non-hydrogen) atoms. The fourth-order valence-corrected chi connectivity index (χ4v) is 1.30. The third-order valence-corrected chi connectivity index (χ3v) is 2.40. The summed E-state index contributed by atoms with van der Waals surface area (Å²) in [4.78, 5) is 33.2. The molecule has 0 aliphatic rings. The SMILES string of the molecule is CNC(=O)C(C)NC(=O)NC(C)(C)CCC(=O)O. The molecule has 1 atom stereocenters. The number of hydrogen-bond acceptors (Lipinski definition) is 3. The fourth-order valence-electron chi connectivity index (χ4n) is 1.30. The first-order chi connectivity index (χ1) is 8.18. The molecule has 0 heterocycles. The quantitative estimate of drug-likeness (QED) is 0.541. The van der Waals surface area contributed by atoms with Crippen LogP contribution in [0.15, 0.2) is 0 Å². The van der Waals surface area contributed by atoms with E-state index >= 15 is 0 Å². The van der Waals surface area contributed by atoms with Crippen molar-refractivity contribution in [3.63, 3.8) is 0 Å². The summed E-state index contributed by atoms with van der Waals surface area (Å²) in [6.07, 6.45) is 0.280. The third-order valence-electron chi connectivity index (χ3n) is 2.40. The zero-order valence-corrected chi connectivity index (χ0v) is 11.2. The molecule has 0 aliphatic carbocycles. The molecule has 0 bridgehead atoms. The molecule has 1 unspecified atom stereocenters. The second-order valence-electron chi connectivity index (χ2n) is 4.71. The van der Waals surface area contributed by atoms with E-state index in [1.807, 2.05) is 0 Å². The molecule has 7 nitrogen and oxygen atoms in total. The Morgan fingerprint density at radius 2 is 1.83 bits per heavy atom.